The van der Waals surface area contributed by atoms with E-state index in [0.717, 1.165) is 5.56 Å². The summed E-state index contributed by atoms with van der Waals surface area (Å²) < 4.78 is 12.1. The average Bonchev–Trinajstić information content (AvgIpc) is 3.58. The number of alkyl halides is 1. The fourth-order valence-corrected chi connectivity index (χ4v) is 7.63. The number of hydrogen-bond acceptors (Lipinski definition) is 7. The molecule has 234 valence electrons. The van der Waals surface area contributed by atoms with Gasteiger partial charge in [-0.05, 0) is 38.7 Å². The minimum atomic E-state index is -1.21. The highest BCUT2D eigenvalue weighted by atomic mass is 79.9. The number of rotatable bonds is 15. The van der Waals surface area contributed by atoms with Crippen LogP contribution in [0.2, 0.25) is 0 Å². The zero-order valence-corrected chi connectivity index (χ0v) is 26.4. The molecule has 1 spiro atoms. The maximum absolute atomic E-state index is 14.2. The van der Waals surface area contributed by atoms with Crippen LogP contribution in [-0.4, -0.2) is 93.5 Å². The Balaban J connectivity index is 1.65. The Labute approximate surface area is 261 Å². The second kappa shape index (κ2) is 14.2. The van der Waals surface area contributed by atoms with Crippen molar-refractivity contribution in [3.8, 4) is 0 Å². The number of nitrogens with one attached hydrogen (secondary N) is 1. The van der Waals surface area contributed by atoms with Gasteiger partial charge in [0.1, 0.15) is 18.2 Å². The molecule has 3 aliphatic rings. The first-order chi connectivity index (χ1) is 20.6. The number of fused-ring (bicyclic) bond motifs is 1. The van der Waals surface area contributed by atoms with Crippen molar-refractivity contribution < 1.29 is 33.8 Å². The Bertz CT molecular complexity index is 1210. The van der Waals surface area contributed by atoms with Crippen LogP contribution in [0, 0.1) is 11.8 Å². The Morgan fingerprint density at radius 1 is 1.26 bits per heavy atom. The summed E-state index contributed by atoms with van der Waals surface area (Å²) in [6.07, 6.45) is 3.97. The summed E-state index contributed by atoms with van der Waals surface area (Å²) in [5, 5.41) is 12.6. The SMILES string of the molecule is C=CCCC(=O)OC[C@H](NC(=O)[C@@H]1[C@H]2O[C@@]3(CC2Br)[C@H](C(=O)N(CC=C)C(C)C)N(CCCO)C(=O)[C@@H]13)c1ccccc1. The van der Waals surface area contributed by atoms with E-state index in [1.165, 1.54) is 4.90 Å². The molecule has 2 bridgehead atoms. The highest BCUT2D eigenvalue weighted by Crippen LogP contribution is 2.60. The highest BCUT2D eigenvalue weighted by Gasteiger charge is 2.76. The molecule has 0 aliphatic carbocycles. The number of carbonyl (C=O) groups is 4. The first-order valence-corrected chi connectivity index (χ1v) is 15.8. The number of aliphatic hydroxyl groups excluding tert-OH is 1. The molecule has 4 rings (SSSR count). The molecule has 3 fully saturated rings. The van der Waals surface area contributed by atoms with Gasteiger partial charge in [0.2, 0.25) is 17.7 Å². The third-order valence-corrected chi connectivity index (χ3v) is 9.44. The second-order valence-corrected chi connectivity index (χ2v) is 12.8. The molecule has 0 radical (unpaired) electrons. The van der Waals surface area contributed by atoms with E-state index in [4.69, 9.17) is 9.47 Å². The van der Waals surface area contributed by atoms with E-state index in [2.05, 4.69) is 34.4 Å². The number of amides is 3. The number of benzene rings is 1. The lowest BCUT2D eigenvalue weighted by Gasteiger charge is -2.38. The van der Waals surface area contributed by atoms with Gasteiger partial charge in [-0.2, -0.15) is 0 Å². The molecule has 3 amide bonds. The number of ether oxygens (including phenoxy) is 2. The van der Waals surface area contributed by atoms with Crippen molar-refractivity contribution in [2.75, 3.05) is 26.3 Å². The largest absolute Gasteiger partial charge is 0.463 e. The summed E-state index contributed by atoms with van der Waals surface area (Å²) in [5.41, 5.74) is -0.466. The first kappa shape index (κ1) is 32.9. The Morgan fingerprint density at radius 2 is 1.98 bits per heavy atom. The van der Waals surface area contributed by atoms with E-state index in [9.17, 15) is 24.3 Å². The molecule has 11 heteroatoms. The third kappa shape index (κ3) is 6.44. The summed E-state index contributed by atoms with van der Waals surface area (Å²) >= 11 is 3.69. The van der Waals surface area contributed by atoms with Crippen molar-refractivity contribution in [2.24, 2.45) is 11.8 Å². The van der Waals surface area contributed by atoms with Gasteiger partial charge in [0.15, 0.2) is 0 Å². The van der Waals surface area contributed by atoms with Gasteiger partial charge in [0.25, 0.3) is 0 Å². The van der Waals surface area contributed by atoms with Gasteiger partial charge in [-0.15, -0.1) is 13.2 Å². The number of esters is 1. The van der Waals surface area contributed by atoms with Crippen LogP contribution in [0.5, 0.6) is 0 Å². The highest BCUT2D eigenvalue weighted by molar-refractivity contribution is 9.09. The number of carbonyl (C=O) groups excluding carboxylic acids is 4. The van der Waals surface area contributed by atoms with Crippen LogP contribution >= 0.6 is 15.9 Å². The lowest BCUT2D eigenvalue weighted by molar-refractivity contribution is -0.149. The fourth-order valence-electron chi connectivity index (χ4n) is 6.68. The number of likely N-dealkylation sites (tertiary alicyclic amines) is 1. The number of aliphatic hydroxyl groups is 1. The van der Waals surface area contributed by atoms with Crippen LogP contribution in [-0.2, 0) is 28.7 Å². The smallest absolute Gasteiger partial charge is 0.306 e. The molecule has 1 aromatic carbocycles. The van der Waals surface area contributed by atoms with Crippen LogP contribution in [0.25, 0.3) is 0 Å². The summed E-state index contributed by atoms with van der Waals surface area (Å²) in [6, 6.07) is 7.42. The molecule has 0 aromatic heterocycles. The number of hydrogen-bond donors (Lipinski definition) is 2. The summed E-state index contributed by atoms with van der Waals surface area (Å²) in [6.45, 7) is 11.4. The standard InChI is InChI=1S/C32H42BrN3O7/c1-5-7-14-24(38)42-19-23(21-12-9-8-10-13-21)34-29(39)25-26-30(40)36(16-11-17-37)28(31(41)35(15-6-2)20(3)4)32(26)18-22(33)27(25)43-32/h5-6,8-10,12-13,20,22-23,25-28,37H,1-2,7,11,14-19H2,3-4H3,(H,34,39)/t22?,23-,25-,26+,27-,28-,32+/m0/s1. The Hall–Kier alpha value is -3.02. The summed E-state index contributed by atoms with van der Waals surface area (Å²) in [4.78, 5) is 57.6. The Morgan fingerprint density at radius 3 is 2.60 bits per heavy atom. The lowest BCUT2D eigenvalue weighted by Crippen LogP contribution is -2.58. The van der Waals surface area contributed by atoms with E-state index in [1.807, 2.05) is 44.2 Å². The van der Waals surface area contributed by atoms with E-state index in [0.29, 0.717) is 19.4 Å². The predicted molar refractivity (Wildman–Crippen MR) is 164 cm³/mol. The molecule has 3 saturated heterocycles. The van der Waals surface area contributed by atoms with Crippen LogP contribution in [0.4, 0.5) is 0 Å². The first-order valence-electron chi connectivity index (χ1n) is 14.9. The third-order valence-electron chi connectivity index (χ3n) is 8.60. The van der Waals surface area contributed by atoms with Crippen molar-refractivity contribution in [2.45, 2.75) is 74.2 Å². The molecule has 2 N–H and O–H groups in total. The molecular weight excluding hydrogens is 618 g/mol. The van der Waals surface area contributed by atoms with Crippen LogP contribution in [0.3, 0.4) is 0 Å². The monoisotopic (exact) mass is 659 g/mol. The maximum Gasteiger partial charge on any atom is 0.306 e. The van der Waals surface area contributed by atoms with E-state index in [1.54, 1.807) is 17.1 Å². The average molecular weight is 661 g/mol. The van der Waals surface area contributed by atoms with Crippen molar-refractivity contribution >= 4 is 39.6 Å². The zero-order chi connectivity index (χ0) is 31.3. The molecule has 3 heterocycles. The maximum atomic E-state index is 14.2. The molecule has 43 heavy (non-hydrogen) atoms. The van der Waals surface area contributed by atoms with Gasteiger partial charge in [0, 0.05) is 37.0 Å². The van der Waals surface area contributed by atoms with Crippen molar-refractivity contribution in [1.82, 2.24) is 15.1 Å². The zero-order valence-electron chi connectivity index (χ0n) is 24.8. The molecule has 10 nitrogen and oxygen atoms in total. The molecule has 3 aliphatic heterocycles. The Kier molecular flexibility index (Phi) is 10.8. The predicted octanol–water partition coefficient (Wildman–Crippen LogP) is 2.91. The molecule has 1 unspecified atom stereocenters. The lowest BCUT2D eigenvalue weighted by atomic mass is 9.70. The quantitative estimate of drug-likeness (QED) is 0.169. The van der Waals surface area contributed by atoms with Gasteiger partial charge < -0.3 is 29.7 Å². The van der Waals surface area contributed by atoms with Gasteiger partial charge in [-0.1, -0.05) is 58.4 Å². The van der Waals surface area contributed by atoms with Crippen molar-refractivity contribution in [3.63, 3.8) is 0 Å². The fraction of sp³-hybridized carbons (Fsp3) is 0.562. The number of allylic oxidation sites excluding steroid dienone is 1. The molecular formula is C32H42BrN3O7. The van der Waals surface area contributed by atoms with Gasteiger partial charge >= 0.3 is 5.97 Å². The van der Waals surface area contributed by atoms with Gasteiger partial charge in [-0.25, -0.2) is 0 Å². The minimum Gasteiger partial charge on any atom is -0.463 e. The van der Waals surface area contributed by atoms with E-state index >= 15 is 0 Å². The molecule has 7 atom stereocenters. The molecule has 0 saturated carbocycles. The van der Waals surface area contributed by atoms with Crippen LogP contribution in [0.1, 0.15) is 51.1 Å². The summed E-state index contributed by atoms with van der Waals surface area (Å²) in [5.74, 6) is -3.17. The van der Waals surface area contributed by atoms with Crippen LogP contribution in [0.15, 0.2) is 55.6 Å². The van der Waals surface area contributed by atoms with Gasteiger partial charge in [-0.3, -0.25) is 19.2 Å². The van der Waals surface area contributed by atoms with Crippen molar-refractivity contribution in [3.05, 3.63) is 61.2 Å². The minimum absolute atomic E-state index is 0.0832. The van der Waals surface area contributed by atoms with E-state index < -0.39 is 47.5 Å². The normalized spacial score (nSPS) is 28.0. The number of halogens is 1. The van der Waals surface area contributed by atoms with Crippen molar-refractivity contribution in [1.29, 1.82) is 0 Å². The number of nitrogens with zero attached hydrogens (tertiary/aromatic N) is 2. The van der Waals surface area contributed by atoms with Crippen LogP contribution < -0.4 is 5.32 Å². The topological polar surface area (TPSA) is 125 Å². The van der Waals surface area contributed by atoms with E-state index in [-0.39, 0.29) is 55.3 Å². The second-order valence-electron chi connectivity index (χ2n) is 11.6. The van der Waals surface area contributed by atoms with Gasteiger partial charge in [0.05, 0.1) is 24.0 Å². The summed E-state index contributed by atoms with van der Waals surface area (Å²) in [7, 11) is 0. The molecule has 1 aromatic rings.